The molecule has 0 amide bonds. The molecule has 0 bridgehead atoms. The molecule has 0 saturated carbocycles. The molecular weight excluding hydrogens is 276 g/mol. The summed E-state index contributed by atoms with van der Waals surface area (Å²) in [4.78, 5) is 18.8. The second-order valence-electron chi connectivity index (χ2n) is 5.48. The maximum absolute atomic E-state index is 12.2. The Kier molecular flexibility index (Phi) is 2.89. The topological polar surface area (TPSA) is 78.5 Å². The van der Waals surface area contributed by atoms with Crippen LogP contribution < -0.4 is 5.56 Å². The SMILES string of the molecule is CC(C)(C)n1nnc(Cn2cnc3sccc3c2=O)n1. The van der Waals surface area contributed by atoms with Crippen molar-refractivity contribution in [2.45, 2.75) is 32.9 Å². The monoisotopic (exact) mass is 290 g/mol. The van der Waals surface area contributed by atoms with Gasteiger partial charge in [0.05, 0.1) is 23.8 Å². The van der Waals surface area contributed by atoms with E-state index in [1.807, 2.05) is 26.2 Å². The van der Waals surface area contributed by atoms with E-state index in [1.54, 1.807) is 10.9 Å². The average molecular weight is 290 g/mol. The number of thiophene rings is 1. The molecule has 8 heteroatoms. The molecule has 0 fully saturated rings. The molecule has 3 rings (SSSR count). The van der Waals surface area contributed by atoms with Gasteiger partial charge >= 0.3 is 0 Å². The van der Waals surface area contributed by atoms with E-state index in [0.29, 0.717) is 11.2 Å². The summed E-state index contributed by atoms with van der Waals surface area (Å²) in [5.74, 6) is 0.499. The molecule has 0 unspecified atom stereocenters. The normalized spacial score (nSPS) is 12.2. The van der Waals surface area contributed by atoms with Gasteiger partial charge in [-0.1, -0.05) is 0 Å². The van der Waals surface area contributed by atoms with Crippen molar-refractivity contribution in [3.05, 3.63) is 34.0 Å². The van der Waals surface area contributed by atoms with Crippen LogP contribution in [-0.2, 0) is 12.1 Å². The van der Waals surface area contributed by atoms with Gasteiger partial charge in [0.2, 0.25) is 0 Å². The second-order valence-corrected chi connectivity index (χ2v) is 6.38. The summed E-state index contributed by atoms with van der Waals surface area (Å²) < 4.78 is 1.50. The Morgan fingerprint density at radius 3 is 2.85 bits per heavy atom. The van der Waals surface area contributed by atoms with Crippen LogP contribution in [-0.4, -0.2) is 29.8 Å². The molecule has 0 atom stereocenters. The Hall–Kier alpha value is -2.09. The molecule has 104 valence electrons. The van der Waals surface area contributed by atoms with Crippen LogP contribution in [0.15, 0.2) is 22.6 Å². The lowest BCUT2D eigenvalue weighted by Gasteiger charge is -2.15. The van der Waals surface area contributed by atoms with E-state index in [9.17, 15) is 4.79 Å². The quantitative estimate of drug-likeness (QED) is 0.709. The summed E-state index contributed by atoms with van der Waals surface area (Å²) in [5.41, 5.74) is -0.311. The third kappa shape index (κ3) is 2.22. The Morgan fingerprint density at radius 1 is 1.35 bits per heavy atom. The van der Waals surface area contributed by atoms with Crippen molar-refractivity contribution >= 4 is 21.6 Å². The summed E-state index contributed by atoms with van der Waals surface area (Å²) >= 11 is 1.45. The van der Waals surface area contributed by atoms with Gasteiger partial charge in [0.1, 0.15) is 4.83 Å². The molecule has 3 aromatic heterocycles. The van der Waals surface area contributed by atoms with E-state index in [1.165, 1.54) is 22.2 Å². The highest BCUT2D eigenvalue weighted by atomic mass is 32.1. The van der Waals surface area contributed by atoms with E-state index in [4.69, 9.17) is 0 Å². The van der Waals surface area contributed by atoms with Gasteiger partial charge in [-0.05, 0) is 37.4 Å². The van der Waals surface area contributed by atoms with Crippen molar-refractivity contribution in [1.82, 2.24) is 29.8 Å². The summed E-state index contributed by atoms with van der Waals surface area (Å²) in [7, 11) is 0. The molecular formula is C12H14N6OS. The van der Waals surface area contributed by atoms with Crippen LogP contribution in [0.4, 0.5) is 0 Å². The highest BCUT2D eigenvalue weighted by Crippen LogP contribution is 2.13. The fraction of sp³-hybridized carbons (Fsp3) is 0.417. The Bertz CT molecular complexity index is 809. The van der Waals surface area contributed by atoms with Crippen molar-refractivity contribution in [2.75, 3.05) is 0 Å². The van der Waals surface area contributed by atoms with E-state index >= 15 is 0 Å². The van der Waals surface area contributed by atoms with Gasteiger partial charge in [0, 0.05) is 0 Å². The van der Waals surface area contributed by atoms with Crippen LogP contribution in [0, 0.1) is 0 Å². The highest BCUT2D eigenvalue weighted by molar-refractivity contribution is 7.16. The van der Waals surface area contributed by atoms with Crippen LogP contribution >= 0.6 is 11.3 Å². The molecule has 0 radical (unpaired) electrons. The van der Waals surface area contributed by atoms with Gasteiger partial charge in [0.15, 0.2) is 5.82 Å². The first-order valence-electron chi connectivity index (χ1n) is 6.17. The number of tetrazole rings is 1. The number of nitrogens with zero attached hydrogens (tertiary/aromatic N) is 6. The lowest BCUT2D eigenvalue weighted by molar-refractivity contribution is 0.305. The maximum Gasteiger partial charge on any atom is 0.262 e. The summed E-state index contributed by atoms with van der Waals surface area (Å²) in [6.45, 7) is 6.24. The molecule has 0 saturated heterocycles. The van der Waals surface area contributed by atoms with E-state index in [-0.39, 0.29) is 17.6 Å². The third-order valence-electron chi connectivity index (χ3n) is 2.82. The zero-order valence-corrected chi connectivity index (χ0v) is 12.3. The number of aromatic nitrogens is 6. The van der Waals surface area contributed by atoms with Gasteiger partial charge in [-0.25, -0.2) is 4.98 Å². The highest BCUT2D eigenvalue weighted by Gasteiger charge is 2.17. The minimum Gasteiger partial charge on any atom is -0.291 e. The number of hydrogen-bond donors (Lipinski definition) is 0. The Labute approximate surface area is 118 Å². The largest absolute Gasteiger partial charge is 0.291 e. The average Bonchev–Trinajstić information content (AvgIpc) is 3.01. The first-order chi connectivity index (χ1) is 9.45. The standard InChI is InChI=1S/C12H14N6OS/c1-12(2,3)18-15-9(14-16-18)6-17-7-13-10-8(11(17)19)4-5-20-10/h4-5,7H,6H2,1-3H3. The van der Waals surface area contributed by atoms with E-state index in [2.05, 4.69) is 20.4 Å². The van der Waals surface area contributed by atoms with E-state index in [0.717, 1.165) is 4.83 Å². The van der Waals surface area contributed by atoms with Crippen molar-refractivity contribution in [3.8, 4) is 0 Å². The molecule has 3 heterocycles. The zero-order valence-electron chi connectivity index (χ0n) is 11.4. The molecule has 0 aliphatic rings. The predicted molar refractivity (Wildman–Crippen MR) is 75.8 cm³/mol. The van der Waals surface area contributed by atoms with Gasteiger partial charge < -0.3 is 0 Å². The van der Waals surface area contributed by atoms with Crippen molar-refractivity contribution < 1.29 is 0 Å². The maximum atomic E-state index is 12.2. The summed E-state index contributed by atoms with van der Waals surface area (Å²) in [5, 5.41) is 14.8. The van der Waals surface area contributed by atoms with Gasteiger partial charge in [-0.2, -0.15) is 4.80 Å². The second kappa shape index (κ2) is 4.48. The van der Waals surface area contributed by atoms with Crippen LogP contribution in [0.3, 0.4) is 0 Å². The molecule has 0 spiro atoms. The lowest BCUT2D eigenvalue weighted by Crippen LogP contribution is -2.25. The van der Waals surface area contributed by atoms with Crippen LogP contribution in [0.2, 0.25) is 0 Å². The van der Waals surface area contributed by atoms with Gasteiger partial charge in [-0.3, -0.25) is 9.36 Å². The van der Waals surface area contributed by atoms with Gasteiger partial charge in [-0.15, -0.1) is 21.5 Å². The molecule has 0 aliphatic carbocycles. The van der Waals surface area contributed by atoms with Crippen LogP contribution in [0.5, 0.6) is 0 Å². The summed E-state index contributed by atoms with van der Waals surface area (Å²) in [6, 6.07) is 1.78. The number of hydrogen-bond acceptors (Lipinski definition) is 6. The fourth-order valence-electron chi connectivity index (χ4n) is 1.75. The Balaban J connectivity index is 1.95. The van der Waals surface area contributed by atoms with Crippen molar-refractivity contribution in [2.24, 2.45) is 0 Å². The number of rotatable bonds is 2. The third-order valence-corrected chi connectivity index (χ3v) is 3.64. The minimum atomic E-state index is -0.230. The molecule has 3 aromatic rings. The Morgan fingerprint density at radius 2 is 2.15 bits per heavy atom. The van der Waals surface area contributed by atoms with Crippen molar-refractivity contribution in [3.63, 3.8) is 0 Å². The minimum absolute atomic E-state index is 0.0802. The molecule has 0 aromatic carbocycles. The molecule has 7 nitrogen and oxygen atoms in total. The number of fused-ring (bicyclic) bond motifs is 1. The van der Waals surface area contributed by atoms with Gasteiger partial charge in [0.25, 0.3) is 5.56 Å². The first kappa shape index (κ1) is 12.9. The summed E-state index contributed by atoms with van der Waals surface area (Å²) in [6.07, 6.45) is 1.53. The van der Waals surface area contributed by atoms with Crippen LogP contribution in [0.25, 0.3) is 10.2 Å². The fourth-order valence-corrected chi connectivity index (χ4v) is 2.47. The first-order valence-corrected chi connectivity index (χ1v) is 7.05. The molecule has 20 heavy (non-hydrogen) atoms. The van der Waals surface area contributed by atoms with E-state index < -0.39 is 0 Å². The predicted octanol–water partition coefficient (Wildman–Crippen LogP) is 1.25. The van der Waals surface area contributed by atoms with Crippen LogP contribution in [0.1, 0.15) is 26.6 Å². The molecule has 0 N–H and O–H groups in total. The van der Waals surface area contributed by atoms with Crippen molar-refractivity contribution in [1.29, 1.82) is 0 Å². The lowest BCUT2D eigenvalue weighted by atomic mass is 10.1. The zero-order chi connectivity index (χ0) is 14.3. The smallest absolute Gasteiger partial charge is 0.262 e. The molecule has 0 aliphatic heterocycles.